The minimum absolute atomic E-state index is 0.00649. The zero-order valence-electron chi connectivity index (χ0n) is 10.7. The van der Waals surface area contributed by atoms with E-state index in [9.17, 15) is 9.50 Å². The summed E-state index contributed by atoms with van der Waals surface area (Å²) in [7, 11) is 0. The van der Waals surface area contributed by atoms with E-state index in [1.54, 1.807) is 6.08 Å². The maximum atomic E-state index is 13.8. The maximum absolute atomic E-state index is 13.8. The summed E-state index contributed by atoms with van der Waals surface area (Å²) in [5, 5.41) is 13.8. The van der Waals surface area contributed by atoms with Gasteiger partial charge in [-0.1, -0.05) is 11.6 Å². The first-order valence-corrected chi connectivity index (χ1v) is 5.72. The Bertz CT molecular complexity index is 580. The molecule has 0 bridgehead atoms. The zero-order chi connectivity index (χ0) is 14.0. The number of allylic oxidation sites excluding steroid dienone is 3. The standard InChI is InChI=1S/C13H15FN4O/c1-7(2)9-6-10(16-15)13(18-17-9)12-8(14)4-3-5-11(12)19/h3-6,16-17,19H,15H2,1-2H3. The molecule has 100 valence electrons. The van der Waals surface area contributed by atoms with Gasteiger partial charge in [-0.25, -0.2) is 4.39 Å². The van der Waals surface area contributed by atoms with Gasteiger partial charge < -0.3 is 10.5 Å². The molecule has 0 amide bonds. The molecule has 0 saturated heterocycles. The molecule has 1 aromatic rings. The van der Waals surface area contributed by atoms with Crippen molar-refractivity contribution in [3.05, 3.63) is 52.6 Å². The topological polar surface area (TPSA) is 82.7 Å². The molecule has 1 aromatic carbocycles. The van der Waals surface area contributed by atoms with Crippen LogP contribution in [0.1, 0.15) is 19.4 Å². The van der Waals surface area contributed by atoms with Gasteiger partial charge in [0.25, 0.3) is 0 Å². The van der Waals surface area contributed by atoms with Crippen molar-refractivity contribution in [2.24, 2.45) is 10.9 Å². The fourth-order valence-corrected chi connectivity index (χ4v) is 1.73. The first-order valence-electron chi connectivity index (χ1n) is 5.72. The molecule has 0 atom stereocenters. The number of hydrogen-bond donors (Lipinski definition) is 4. The predicted octanol–water partition coefficient (Wildman–Crippen LogP) is 1.48. The van der Waals surface area contributed by atoms with Gasteiger partial charge in [0.2, 0.25) is 0 Å². The third kappa shape index (κ3) is 2.43. The number of hydrazine groups is 1. The van der Waals surface area contributed by atoms with Gasteiger partial charge in [-0.2, -0.15) is 5.10 Å². The largest absolute Gasteiger partial charge is 0.507 e. The molecule has 0 radical (unpaired) electrons. The van der Waals surface area contributed by atoms with E-state index < -0.39 is 5.82 Å². The number of halogens is 1. The highest BCUT2D eigenvalue weighted by Gasteiger charge is 2.21. The maximum Gasteiger partial charge on any atom is 0.136 e. The highest BCUT2D eigenvalue weighted by atomic mass is 19.1. The number of nitrogens with one attached hydrogen (secondary N) is 2. The summed E-state index contributed by atoms with van der Waals surface area (Å²) in [5.74, 6) is 4.68. The Kier molecular flexibility index (Phi) is 3.52. The van der Waals surface area contributed by atoms with E-state index in [0.29, 0.717) is 5.70 Å². The summed E-state index contributed by atoms with van der Waals surface area (Å²) < 4.78 is 13.8. The summed E-state index contributed by atoms with van der Waals surface area (Å²) >= 11 is 0. The van der Waals surface area contributed by atoms with Crippen LogP contribution in [0.25, 0.3) is 0 Å². The normalized spacial score (nSPS) is 14.4. The lowest BCUT2D eigenvalue weighted by Gasteiger charge is -2.19. The van der Waals surface area contributed by atoms with Gasteiger partial charge in [0, 0.05) is 0 Å². The lowest BCUT2D eigenvalue weighted by atomic mass is 10.0. The first kappa shape index (κ1) is 13.1. The lowest BCUT2D eigenvalue weighted by Crippen LogP contribution is -2.32. The van der Waals surface area contributed by atoms with Gasteiger partial charge in [0.15, 0.2) is 0 Å². The monoisotopic (exact) mass is 262 g/mol. The van der Waals surface area contributed by atoms with Crippen molar-refractivity contribution in [2.45, 2.75) is 13.8 Å². The van der Waals surface area contributed by atoms with Gasteiger partial charge in [-0.05, 0) is 32.1 Å². The van der Waals surface area contributed by atoms with Gasteiger partial charge in [0.05, 0.1) is 17.0 Å². The highest BCUT2D eigenvalue weighted by molar-refractivity contribution is 6.14. The van der Waals surface area contributed by atoms with Gasteiger partial charge in [0.1, 0.15) is 17.3 Å². The predicted molar refractivity (Wildman–Crippen MR) is 71.5 cm³/mol. The van der Waals surface area contributed by atoms with Crippen LogP contribution in [0.4, 0.5) is 4.39 Å². The Balaban J connectivity index is 2.53. The molecule has 1 aliphatic rings. The van der Waals surface area contributed by atoms with E-state index in [-0.39, 0.29) is 17.0 Å². The van der Waals surface area contributed by atoms with Gasteiger partial charge in [-0.3, -0.25) is 11.3 Å². The molecule has 0 spiro atoms. The molecule has 0 aromatic heterocycles. The third-order valence-electron chi connectivity index (χ3n) is 2.75. The first-order chi connectivity index (χ1) is 9.04. The van der Waals surface area contributed by atoms with Crippen molar-refractivity contribution in [1.29, 1.82) is 0 Å². The van der Waals surface area contributed by atoms with Crippen LogP contribution in [-0.2, 0) is 0 Å². The van der Waals surface area contributed by atoms with E-state index >= 15 is 0 Å². The summed E-state index contributed by atoms with van der Waals surface area (Å²) in [6.45, 7) is 3.82. The number of aromatic hydroxyl groups is 1. The van der Waals surface area contributed by atoms with Gasteiger partial charge in [-0.15, -0.1) is 0 Å². The van der Waals surface area contributed by atoms with Crippen LogP contribution in [0, 0.1) is 5.82 Å². The Morgan fingerprint density at radius 3 is 2.74 bits per heavy atom. The van der Waals surface area contributed by atoms with Crippen LogP contribution >= 0.6 is 0 Å². The lowest BCUT2D eigenvalue weighted by molar-refractivity contribution is 0.467. The zero-order valence-corrected chi connectivity index (χ0v) is 10.7. The van der Waals surface area contributed by atoms with Crippen molar-refractivity contribution < 1.29 is 9.50 Å². The fourth-order valence-electron chi connectivity index (χ4n) is 1.73. The average molecular weight is 262 g/mol. The van der Waals surface area contributed by atoms with Crippen LogP contribution in [0.3, 0.4) is 0 Å². The molecule has 5 nitrogen and oxygen atoms in total. The van der Waals surface area contributed by atoms with Crippen LogP contribution < -0.4 is 16.7 Å². The van der Waals surface area contributed by atoms with Crippen molar-refractivity contribution in [2.75, 3.05) is 0 Å². The Morgan fingerprint density at radius 1 is 1.42 bits per heavy atom. The van der Waals surface area contributed by atoms with Crippen molar-refractivity contribution in [3.63, 3.8) is 0 Å². The number of hydrogen-bond acceptors (Lipinski definition) is 5. The second kappa shape index (κ2) is 5.11. The molecule has 0 fully saturated rings. The minimum Gasteiger partial charge on any atom is -0.507 e. The van der Waals surface area contributed by atoms with Crippen LogP contribution in [0.5, 0.6) is 5.75 Å². The molecule has 1 aliphatic heterocycles. The van der Waals surface area contributed by atoms with Crippen LogP contribution in [0.15, 0.2) is 46.3 Å². The Morgan fingerprint density at radius 2 is 2.16 bits per heavy atom. The number of rotatable bonds is 2. The SMILES string of the molecule is CC(C)=C1C=C(NN)C(c2c(O)cccc2F)=NN1. The number of nitrogens with zero attached hydrogens (tertiary/aromatic N) is 1. The second-order valence-electron chi connectivity index (χ2n) is 4.32. The molecule has 1 heterocycles. The van der Waals surface area contributed by atoms with E-state index in [4.69, 9.17) is 5.84 Å². The smallest absolute Gasteiger partial charge is 0.136 e. The van der Waals surface area contributed by atoms with Gasteiger partial charge >= 0.3 is 0 Å². The van der Waals surface area contributed by atoms with E-state index in [1.807, 2.05) is 13.8 Å². The summed E-state index contributed by atoms with van der Waals surface area (Å²) in [4.78, 5) is 0. The molecule has 6 heteroatoms. The number of hydrazone groups is 1. The van der Waals surface area contributed by atoms with Crippen LogP contribution in [0.2, 0.25) is 0 Å². The van der Waals surface area contributed by atoms with Crippen molar-refractivity contribution in [3.8, 4) is 5.75 Å². The molecule has 0 unspecified atom stereocenters. The Hall–Kier alpha value is -2.34. The van der Waals surface area contributed by atoms with E-state index in [0.717, 1.165) is 11.3 Å². The molecule has 0 saturated carbocycles. The number of phenolic OH excluding ortho intramolecular Hbond substituents is 1. The average Bonchev–Trinajstić information content (AvgIpc) is 2.38. The van der Waals surface area contributed by atoms with Crippen LogP contribution in [-0.4, -0.2) is 10.8 Å². The highest BCUT2D eigenvalue weighted by Crippen LogP contribution is 2.25. The fraction of sp³-hybridized carbons (Fsp3) is 0.154. The summed E-state index contributed by atoms with van der Waals surface area (Å²) in [6, 6.07) is 4.07. The number of phenols is 1. The summed E-state index contributed by atoms with van der Waals surface area (Å²) in [5.41, 5.74) is 7.71. The van der Waals surface area contributed by atoms with E-state index in [2.05, 4.69) is 16.0 Å². The second-order valence-corrected chi connectivity index (χ2v) is 4.32. The number of nitrogens with two attached hydrogens (primary N) is 1. The Labute approximate surface area is 110 Å². The molecule has 19 heavy (non-hydrogen) atoms. The molecule has 0 aliphatic carbocycles. The molecular weight excluding hydrogens is 247 g/mol. The van der Waals surface area contributed by atoms with Crippen molar-refractivity contribution >= 4 is 5.71 Å². The molecule has 2 rings (SSSR count). The quantitative estimate of drug-likeness (QED) is 0.480. The third-order valence-corrected chi connectivity index (χ3v) is 2.75. The minimum atomic E-state index is -0.567. The molecule has 5 N–H and O–H groups in total. The van der Waals surface area contributed by atoms with Crippen molar-refractivity contribution in [1.82, 2.24) is 10.9 Å². The summed E-state index contributed by atoms with van der Waals surface area (Å²) in [6.07, 6.45) is 1.71. The molecular formula is C13H15FN4O. The number of benzene rings is 1. The van der Waals surface area contributed by atoms with E-state index in [1.165, 1.54) is 18.2 Å².